The number of hydrogen-bond donors (Lipinski definition) is 2. The van der Waals surface area contributed by atoms with E-state index in [9.17, 15) is 9.59 Å². The molecule has 0 aromatic heterocycles. The Morgan fingerprint density at radius 1 is 1.20 bits per heavy atom. The van der Waals surface area contributed by atoms with Gasteiger partial charge in [-0.25, -0.2) is 0 Å². The van der Waals surface area contributed by atoms with Crippen molar-refractivity contribution in [3.63, 3.8) is 0 Å². The Balaban J connectivity index is 2.50. The summed E-state index contributed by atoms with van der Waals surface area (Å²) in [6.07, 6.45) is 3.13. The van der Waals surface area contributed by atoms with Gasteiger partial charge in [0, 0.05) is 12.6 Å². The van der Waals surface area contributed by atoms with E-state index in [0.717, 1.165) is 5.56 Å². The molecule has 0 aliphatic rings. The van der Waals surface area contributed by atoms with Gasteiger partial charge in [-0.1, -0.05) is 45.0 Å². The molecule has 0 aliphatic heterocycles. The van der Waals surface area contributed by atoms with Crippen LogP contribution in [0.2, 0.25) is 0 Å². The molecule has 2 N–H and O–H groups in total. The number of carbonyl (C=O) groups excluding carboxylic acids is 1. The average Bonchev–Trinajstić information content (AvgIpc) is 2.42. The highest BCUT2D eigenvalue weighted by molar-refractivity contribution is 5.91. The van der Waals surface area contributed by atoms with E-state index in [2.05, 4.69) is 19.2 Å². The van der Waals surface area contributed by atoms with E-state index < -0.39 is 11.9 Å². The molecule has 0 fully saturated rings. The molecule has 1 aromatic carbocycles. The highest BCUT2D eigenvalue weighted by Crippen LogP contribution is 2.15. The molecule has 0 saturated carbocycles. The first-order chi connectivity index (χ1) is 9.40. The van der Waals surface area contributed by atoms with Crippen LogP contribution in [0.15, 0.2) is 30.3 Å². The number of benzene rings is 1. The molecule has 1 atom stereocenters. The predicted octanol–water partition coefficient (Wildman–Crippen LogP) is 2.66. The van der Waals surface area contributed by atoms with Crippen LogP contribution in [-0.2, 0) is 9.59 Å². The fourth-order valence-corrected chi connectivity index (χ4v) is 1.56. The number of carboxylic acid groups (broad SMARTS) is 1. The molecule has 0 bridgehead atoms. The van der Waals surface area contributed by atoms with Crippen LogP contribution in [0.1, 0.15) is 37.8 Å². The fraction of sp³-hybridized carbons (Fsp3) is 0.375. The van der Waals surface area contributed by atoms with Crippen molar-refractivity contribution in [2.75, 3.05) is 6.54 Å². The first-order valence-corrected chi connectivity index (χ1v) is 6.69. The summed E-state index contributed by atoms with van der Waals surface area (Å²) in [4.78, 5) is 22.1. The molecular weight excluding hydrogens is 254 g/mol. The molecule has 0 spiro atoms. The fourth-order valence-electron chi connectivity index (χ4n) is 1.56. The maximum atomic E-state index is 11.5. The van der Waals surface area contributed by atoms with Crippen molar-refractivity contribution >= 4 is 18.0 Å². The Morgan fingerprint density at radius 2 is 1.80 bits per heavy atom. The maximum absolute atomic E-state index is 11.5. The minimum Gasteiger partial charge on any atom is -0.481 e. The van der Waals surface area contributed by atoms with Gasteiger partial charge in [-0.3, -0.25) is 9.59 Å². The van der Waals surface area contributed by atoms with Crippen LogP contribution < -0.4 is 5.32 Å². The lowest BCUT2D eigenvalue weighted by atomic mass is 10.0. The molecule has 108 valence electrons. The maximum Gasteiger partial charge on any atom is 0.308 e. The van der Waals surface area contributed by atoms with Gasteiger partial charge >= 0.3 is 5.97 Å². The number of carbonyl (C=O) groups is 2. The van der Waals surface area contributed by atoms with Gasteiger partial charge in [0.05, 0.1) is 5.92 Å². The van der Waals surface area contributed by atoms with E-state index in [1.807, 2.05) is 24.3 Å². The third kappa shape index (κ3) is 5.26. The summed E-state index contributed by atoms with van der Waals surface area (Å²) in [5, 5.41) is 11.3. The third-order valence-electron chi connectivity index (χ3n) is 3.03. The van der Waals surface area contributed by atoms with Crippen molar-refractivity contribution in [2.24, 2.45) is 5.92 Å². The van der Waals surface area contributed by atoms with Crippen LogP contribution in [0.5, 0.6) is 0 Å². The van der Waals surface area contributed by atoms with Crippen molar-refractivity contribution in [3.05, 3.63) is 41.5 Å². The molecule has 4 heteroatoms. The van der Waals surface area contributed by atoms with Gasteiger partial charge in [0.1, 0.15) is 0 Å². The van der Waals surface area contributed by atoms with E-state index in [0.29, 0.717) is 5.92 Å². The van der Waals surface area contributed by atoms with Crippen LogP contribution in [-0.4, -0.2) is 23.5 Å². The van der Waals surface area contributed by atoms with Gasteiger partial charge in [0.15, 0.2) is 0 Å². The lowest BCUT2D eigenvalue weighted by Crippen LogP contribution is -2.30. The van der Waals surface area contributed by atoms with Crippen LogP contribution in [0.4, 0.5) is 0 Å². The second kappa shape index (κ2) is 7.48. The quantitative estimate of drug-likeness (QED) is 0.784. The largest absolute Gasteiger partial charge is 0.481 e. The van der Waals surface area contributed by atoms with E-state index in [1.54, 1.807) is 13.0 Å². The summed E-state index contributed by atoms with van der Waals surface area (Å²) in [7, 11) is 0. The van der Waals surface area contributed by atoms with Crippen molar-refractivity contribution in [2.45, 2.75) is 26.7 Å². The minimum atomic E-state index is -0.918. The molecule has 0 aliphatic carbocycles. The van der Waals surface area contributed by atoms with Gasteiger partial charge in [-0.15, -0.1) is 0 Å². The number of carboxylic acids is 1. The van der Waals surface area contributed by atoms with E-state index >= 15 is 0 Å². The first kappa shape index (κ1) is 16.0. The highest BCUT2D eigenvalue weighted by atomic mass is 16.4. The topological polar surface area (TPSA) is 66.4 Å². The van der Waals surface area contributed by atoms with Crippen LogP contribution in [0, 0.1) is 5.92 Å². The molecule has 1 aromatic rings. The van der Waals surface area contributed by atoms with Crippen molar-refractivity contribution in [1.82, 2.24) is 5.32 Å². The van der Waals surface area contributed by atoms with Gasteiger partial charge < -0.3 is 10.4 Å². The SMILES string of the molecule is CC(CNC(=O)C=Cc1ccc(C(C)C)cc1)C(=O)O. The van der Waals surface area contributed by atoms with Crippen LogP contribution >= 0.6 is 0 Å². The predicted molar refractivity (Wildman–Crippen MR) is 79.4 cm³/mol. The molecule has 20 heavy (non-hydrogen) atoms. The average molecular weight is 275 g/mol. The Bertz CT molecular complexity index is 489. The van der Waals surface area contributed by atoms with Gasteiger partial charge in [-0.05, 0) is 23.1 Å². The van der Waals surface area contributed by atoms with E-state index in [1.165, 1.54) is 11.6 Å². The molecule has 0 radical (unpaired) electrons. The first-order valence-electron chi connectivity index (χ1n) is 6.69. The molecule has 1 unspecified atom stereocenters. The molecule has 4 nitrogen and oxygen atoms in total. The zero-order valence-electron chi connectivity index (χ0n) is 12.1. The Hall–Kier alpha value is -2.10. The zero-order valence-corrected chi connectivity index (χ0v) is 12.1. The number of amides is 1. The van der Waals surface area contributed by atoms with Crippen LogP contribution in [0.25, 0.3) is 6.08 Å². The van der Waals surface area contributed by atoms with Crippen molar-refractivity contribution < 1.29 is 14.7 Å². The monoisotopic (exact) mass is 275 g/mol. The second-order valence-corrected chi connectivity index (χ2v) is 5.14. The van der Waals surface area contributed by atoms with Gasteiger partial charge in [-0.2, -0.15) is 0 Å². The summed E-state index contributed by atoms with van der Waals surface area (Å²) in [5.74, 6) is -1.31. The van der Waals surface area contributed by atoms with Gasteiger partial charge in [0.25, 0.3) is 0 Å². The third-order valence-corrected chi connectivity index (χ3v) is 3.03. The highest BCUT2D eigenvalue weighted by Gasteiger charge is 2.10. The van der Waals surface area contributed by atoms with Crippen molar-refractivity contribution in [3.8, 4) is 0 Å². The smallest absolute Gasteiger partial charge is 0.308 e. The van der Waals surface area contributed by atoms with Crippen molar-refractivity contribution in [1.29, 1.82) is 0 Å². The summed E-state index contributed by atoms with van der Waals surface area (Å²) in [5.41, 5.74) is 2.19. The lowest BCUT2D eigenvalue weighted by Gasteiger charge is -2.06. The molecule has 1 rings (SSSR count). The summed E-state index contributed by atoms with van der Waals surface area (Å²) >= 11 is 0. The minimum absolute atomic E-state index is 0.130. The number of aliphatic carboxylic acids is 1. The standard InChI is InChI=1S/C16H21NO3/c1-11(2)14-7-4-13(5-8-14)6-9-15(18)17-10-12(3)16(19)20/h4-9,11-12H,10H2,1-3H3,(H,17,18)(H,19,20). The van der Waals surface area contributed by atoms with E-state index in [4.69, 9.17) is 5.11 Å². The Kier molecular flexibility index (Phi) is 5.97. The summed E-state index contributed by atoms with van der Waals surface area (Å²) in [6, 6.07) is 7.99. The molecule has 0 heterocycles. The van der Waals surface area contributed by atoms with Crippen LogP contribution in [0.3, 0.4) is 0 Å². The molecular formula is C16H21NO3. The molecule has 1 amide bonds. The second-order valence-electron chi connectivity index (χ2n) is 5.14. The number of nitrogens with one attached hydrogen (secondary N) is 1. The Labute approximate surface area is 119 Å². The zero-order chi connectivity index (χ0) is 15.1. The molecule has 0 saturated heterocycles. The van der Waals surface area contributed by atoms with E-state index in [-0.39, 0.29) is 12.5 Å². The Morgan fingerprint density at radius 3 is 2.30 bits per heavy atom. The normalized spacial score (nSPS) is 12.6. The lowest BCUT2D eigenvalue weighted by molar-refractivity contribution is -0.141. The number of hydrogen-bond acceptors (Lipinski definition) is 2. The summed E-state index contributed by atoms with van der Waals surface area (Å²) in [6.45, 7) is 5.94. The summed E-state index contributed by atoms with van der Waals surface area (Å²) < 4.78 is 0. The number of rotatable bonds is 6. The van der Waals surface area contributed by atoms with Gasteiger partial charge in [0.2, 0.25) is 5.91 Å².